The van der Waals surface area contributed by atoms with Gasteiger partial charge in [-0.05, 0) is 50.6 Å². The van der Waals surface area contributed by atoms with Crippen molar-refractivity contribution >= 4 is 0 Å². The van der Waals surface area contributed by atoms with E-state index in [9.17, 15) is 0 Å². The second-order valence-electron chi connectivity index (χ2n) is 5.29. The highest BCUT2D eigenvalue weighted by Crippen LogP contribution is 2.32. The quantitative estimate of drug-likeness (QED) is 0.853. The van der Waals surface area contributed by atoms with Crippen molar-refractivity contribution in [1.82, 2.24) is 10.2 Å². The van der Waals surface area contributed by atoms with E-state index in [2.05, 4.69) is 41.4 Å². The first-order valence-corrected chi connectivity index (χ1v) is 7.34. The Balaban J connectivity index is 2.13. The molecule has 0 aliphatic carbocycles. The Morgan fingerprint density at radius 3 is 2.68 bits per heavy atom. The molecule has 0 saturated carbocycles. The lowest BCUT2D eigenvalue weighted by Crippen LogP contribution is -2.39. The maximum atomic E-state index is 5.24. The number of hydrogen-bond donors (Lipinski definition) is 1. The SMILES string of the molecule is CCC(c1ccc(OC)cc1)N1CCCC1CNC. The number of likely N-dealkylation sites (N-methyl/N-ethyl adjacent to an activating group) is 1. The molecule has 0 radical (unpaired) electrons. The number of rotatable bonds is 6. The molecule has 0 amide bonds. The lowest BCUT2D eigenvalue weighted by molar-refractivity contribution is 0.174. The standard InChI is InChI=1S/C16H26N2O/c1-4-16(13-7-9-15(19-3)10-8-13)18-11-5-6-14(18)12-17-2/h7-10,14,16-17H,4-6,11-12H2,1-3H3. The van der Waals surface area contributed by atoms with E-state index in [1.807, 2.05) is 7.05 Å². The van der Waals surface area contributed by atoms with Crippen LogP contribution in [0.1, 0.15) is 37.8 Å². The van der Waals surface area contributed by atoms with Gasteiger partial charge in [-0.25, -0.2) is 0 Å². The van der Waals surface area contributed by atoms with Gasteiger partial charge in [0.15, 0.2) is 0 Å². The van der Waals surface area contributed by atoms with Gasteiger partial charge in [0.05, 0.1) is 7.11 Å². The Morgan fingerprint density at radius 1 is 1.37 bits per heavy atom. The second-order valence-corrected chi connectivity index (χ2v) is 5.29. The number of likely N-dealkylation sites (tertiary alicyclic amines) is 1. The van der Waals surface area contributed by atoms with Gasteiger partial charge in [-0.15, -0.1) is 0 Å². The van der Waals surface area contributed by atoms with Crippen LogP contribution in [-0.2, 0) is 0 Å². The summed E-state index contributed by atoms with van der Waals surface area (Å²) in [5.41, 5.74) is 1.41. The number of nitrogens with one attached hydrogen (secondary N) is 1. The van der Waals surface area contributed by atoms with E-state index in [0.29, 0.717) is 12.1 Å². The van der Waals surface area contributed by atoms with Crippen LogP contribution in [0.2, 0.25) is 0 Å². The second kappa shape index (κ2) is 6.92. The maximum absolute atomic E-state index is 5.24. The molecule has 1 aliphatic rings. The van der Waals surface area contributed by atoms with Gasteiger partial charge < -0.3 is 10.1 Å². The van der Waals surface area contributed by atoms with Crippen molar-refractivity contribution in [2.75, 3.05) is 27.2 Å². The molecule has 0 spiro atoms. The Bertz CT molecular complexity index is 377. The van der Waals surface area contributed by atoms with E-state index in [-0.39, 0.29) is 0 Å². The van der Waals surface area contributed by atoms with Gasteiger partial charge in [0.2, 0.25) is 0 Å². The molecule has 2 unspecified atom stereocenters. The van der Waals surface area contributed by atoms with Crippen LogP contribution in [0, 0.1) is 0 Å². The Labute approximate surface area is 116 Å². The predicted octanol–water partition coefficient (Wildman–Crippen LogP) is 2.83. The minimum atomic E-state index is 0.534. The third kappa shape index (κ3) is 3.28. The van der Waals surface area contributed by atoms with Crippen LogP contribution in [0.5, 0.6) is 5.75 Å². The average Bonchev–Trinajstić information content (AvgIpc) is 2.89. The van der Waals surface area contributed by atoms with Crippen molar-refractivity contribution in [3.8, 4) is 5.75 Å². The van der Waals surface area contributed by atoms with Gasteiger partial charge in [-0.2, -0.15) is 0 Å². The summed E-state index contributed by atoms with van der Waals surface area (Å²) in [7, 11) is 3.76. The first-order valence-electron chi connectivity index (χ1n) is 7.34. The summed E-state index contributed by atoms with van der Waals surface area (Å²) in [6, 6.07) is 9.77. The summed E-state index contributed by atoms with van der Waals surface area (Å²) >= 11 is 0. The zero-order valence-corrected chi connectivity index (χ0v) is 12.4. The summed E-state index contributed by atoms with van der Waals surface area (Å²) in [6.45, 7) is 4.59. The van der Waals surface area contributed by atoms with Gasteiger partial charge in [-0.1, -0.05) is 19.1 Å². The van der Waals surface area contributed by atoms with E-state index in [1.54, 1.807) is 7.11 Å². The monoisotopic (exact) mass is 262 g/mol. The van der Waals surface area contributed by atoms with E-state index >= 15 is 0 Å². The summed E-state index contributed by atoms with van der Waals surface area (Å²) in [5.74, 6) is 0.937. The molecule has 1 aromatic carbocycles. The predicted molar refractivity (Wildman–Crippen MR) is 79.7 cm³/mol. The zero-order chi connectivity index (χ0) is 13.7. The molecular weight excluding hydrogens is 236 g/mol. The number of ether oxygens (including phenoxy) is 1. The molecule has 2 atom stereocenters. The van der Waals surface area contributed by atoms with E-state index in [0.717, 1.165) is 18.7 Å². The van der Waals surface area contributed by atoms with E-state index < -0.39 is 0 Å². The van der Waals surface area contributed by atoms with Gasteiger partial charge in [-0.3, -0.25) is 4.90 Å². The van der Waals surface area contributed by atoms with E-state index in [1.165, 1.54) is 24.9 Å². The highest BCUT2D eigenvalue weighted by molar-refractivity contribution is 5.29. The summed E-state index contributed by atoms with van der Waals surface area (Å²) in [4.78, 5) is 2.66. The van der Waals surface area contributed by atoms with Crippen LogP contribution in [0.4, 0.5) is 0 Å². The van der Waals surface area contributed by atoms with Crippen molar-refractivity contribution < 1.29 is 4.74 Å². The van der Waals surface area contributed by atoms with Crippen LogP contribution < -0.4 is 10.1 Å². The highest BCUT2D eigenvalue weighted by Gasteiger charge is 2.29. The minimum absolute atomic E-state index is 0.534. The molecule has 1 fully saturated rings. The van der Waals surface area contributed by atoms with Crippen LogP contribution in [0.3, 0.4) is 0 Å². The number of methoxy groups -OCH3 is 1. The van der Waals surface area contributed by atoms with Crippen molar-refractivity contribution in [3.63, 3.8) is 0 Å². The number of hydrogen-bond acceptors (Lipinski definition) is 3. The molecule has 0 bridgehead atoms. The largest absolute Gasteiger partial charge is 0.497 e. The molecule has 106 valence electrons. The third-order valence-corrected chi connectivity index (χ3v) is 4.15. The molecule has 1 saturated heterocycles. The number of nitrogens with zero attached hydrogens (tertiary/aromatic N) is 1. The maximum Gasteiger partial charge on any atom is 0.118 e. The normalized spacial score (nSPS) is 21.5. The molecule has 2 rings (SSSR count). The van der Waals surface area contributed by atoms with Gasteiger partial charge >= 0.3 is 0 Å². The summed E-state index contributed by atoms with van der Waals surface area (Å²) < 4.78 is 5.24. The molecule has 19 heavy (non-hydrogen) atoms. The first kappa shape index (κ1) is 14.4. The third-order valence-electron chi connectivity index (χ3n) is 4.15. The van der Waals surface area contributed by atoms with Gasteiger partial charge in [0.25, 0.3) is 0 Å². The number of benzene rings is 1. The van der Waals surface area contributed by atoms with Crippen LogP contribution in [0.25, 0.3) is 0 Å². The summed E-state index contributed by atoms with van der Waals surface area (Å²) in [5, 5.41) is 3.33. The lowest BCUT2D eigenvalue weighted by atomic mass is 10.0. The van der Waals surface area contributed by atoms with Crippen molar-refractivity contribution in [2.45, 2.75) is 38.3 Å². The zero-order valence-electron chi connectivity index (χ0n) is 12.4. The molecule has 1 heterocycles. The van der Waals surface area contributed by atoms with E-state index in [4.69, 9.17) is 4.74 Å². The Morgan fingerprint density at radius 2 is 2.11 bits per heavy atom. The molecule has 3 heteroatoms. The van der Waals surface area contributed by atoms with Crippen LogP contribution >= 0.6 is 0 Å². The summed E-state index contributed by atoms with van der Waals surface area (Å²) in [6.07, 6.45) is 3.79. The smallest absolute Gasteiger partial charge is 0.118 e. The molecular formula is C16H26N2O. The molecule has 1 aliphatic heterocycles. The van der Waals surface area contributed by atoms with Crippen LogP contribution in [-0.4, -0.2) is 38.2 Å². The lowest BCUT2D eigenvalue weighted by Gasteiger charge is -2.33. The minimum Gasteiger partial charge on any atom is -0.497 e. The van der Waals surface area contributed by atoms with Gasteiger partial charge in [0, 0.05) is 18.6 Å². The average molecular weight is 262 g/mol. The first-order chi connectivity index (χ1) is 9.30. The Hall–Kier alpha value is -1.06. The van der Waals surface area contributed by atoms with Crippen LogP contribution in [0.15, 0.2) is 24.3 Å². The fourth-order valence-electron chi connectivity index (χ4n) is 3.21. The van der Waals surface area contributed by atoms with Crippen molar-refractivity contribution in [1.29, 1.82) is 0 Å². The van der Waals surface area contributed by atoms with Crippen molar-refractivity contribution in [3.05, 3.63) is 29.8 Å². The fourth-order valence-corrected chi connectivity index (χ4v) is 3.21. The molecule has 0 aromatic heterocycles. The molecule has 1 N–H and O–H groups in total. The highest BCUT2D eigenvalue weighted by atomic mass is 16.5. The molecule has 1 aromatic rings. The Kier molecular flexibility index (Phi) is 5.23. The topological polar surface area (TPSA) is 24.5 Å². The van der Waals surface area contributed by atoms with Gasteiger partial charge in [0.1, 0.15) is 5.75 Å². The fraction of sp³-hybridized carbons (Fsp3) is 0.625. The molecule has 3 nitrogen and oxygen atoms in total. The van der Waals surface area contributed by atoms with Crippen molar-refractivity contribution in [2.24, 2.45) is 0 Å².